The van der Waals surface area contributed by atoms with Gasteiger partial charge in [0.25, 0.3) is 0 Å². The van der Waals surface area contributed by atoms with Crippen molar-refractivity contribution in [1.82, 2.24) is 14.6 Å². The molecular weight excluding hydrogens is 356 g/mol. The molecule has 4 saturated carbocycles. The highest BCUT2D eigenvalue weighted by Gasteiger charge is 2.59. The number of rotatable bonds is 2. The zero-order valence-corrected chi connectivity index (χ0v) is 14.4. The molecule has 2 aromatic rings. The Morgan fingerprint density at radius 1 is 1.22 bits per heavy atom. The van der Waals surface area contributed by atoms with E-state index in [4.69, 9.17) is 0 Å². The van der Waals surface area contributed by atoms with Crippen molar-refractivity contribution in [3.05, 3.63) is 24.4 Å². The highest BCUT2D eigenvalue weighted by Crippen LogP contribution is 2.64. The first-order valence-corrected chi connectivity index (χ1v) is 9.15. The van der Waals surface area contributed by atoms with Crippen LogP contribution in [0, 0.1) is 17.3 Å². The van der Waals surface area contributed by atoms with E-state index >= 15 is 0 Å². The van der Waals surface area contributed by atoms with Crippen molar-refractivity contribution in [1.29, 1.82) is 0 Å². The smallest absolute Gasteiger partial charge is 0.235 e. The van der Waals surface area contributed by atoms with E-state index in [9.17, 15) is 4.79 Å². The van der Waals surface area contributed by atoms with Crippen LogP contribution in [0.1, 0.15) is 38.5 Å². The minimum absolute atomic E-state index is 0.133. The van der Waals surface area contributed by atoms with E-state index in [1.165, 1.54) is 19.3 Å². The number of carbonyl (C=O) groups excluding carboxylic acids is 1. The number of hydrogen-bond acceptors (Lipinski definition) is 3. The third kappa shape index (κ3) is 2.07. The van der Waals surface area contributed by atoms with Crippen molar-refractivity contribution in [3.63, 3.8) is 0 Å². The van der Waals surface area contributed by atoms with Crippen molar-refractivity contribution in [2.45, 2.75) is 42.8 Å². The predicted octanol–water partition coefficient (Wildman–Crippen LogP) is 3.40. The number of carbonyl (C=O) groups is 1. The molecule has 4 bridgehead atoms. The van der Waals surface area contributed by atoms with Crippen LogP contribution in [0.4, 0.5) is 5.95 Å². The van der Waals surface area contributed by atoms with E-state index in [1.807, 2.05) is 28.8 Å². The average Bonchev–Trinajstić information content (AvgIpc) is 2.88. The lowest BCUT2D eigenvalue weighted by Gasteiger charge is -2.59. The standard InChI is InChI=1S/C17H19BrN4O/c18-17-8-11-5-12(9-17)7-16(6-11,10-17)14(23)19-15-21-20-13-3-1-2-4-22(13)15/h1-4,11-12H,5-10H2,(H,19,21,23). The lowest BCUT2D eigenvalue weighted by Crippen LogP contribution is -2.57. The molecule has 2 atom stereocenters. The summed E-state index contributed by atoms with van der Waals surface area (Å²) in [6.07, 6.45) is 8.65. The third-order valence-corrected chi connectivity index (χ3v) is 6.94. The zero-order chi connectivity index (χ0) is 15.7. The van der Waals surface area contributed by atoms with Gasteiger partial charge in [-0.2, -0.15) is 0 Å². The van der Waals surface area contributed by atoms with Gasteiger partial charge in [-0.05, 0) is 62.5 Å². The molecule has 6 heteroatoms. The van der Waals surface area contributed by atoms with Gasteiger partial charge in [-0.15, -0.1) is 10.2 Å². The van der Waals surface area contributed by atoms with Crippen LogP contribution in [-0.4, -0.2) is 24.8 Å². The summed E-state index contributed by atoms with van der Waals surface area (Å²) in [7, 11) is 0. The van der Waals surface area contributed by atoms with Crippen molar-refractivity contribution in [3.8, 4) is 0 Å². The van der Waals surface area contributed by atoms with Crippen molar-refractivity contribution in [2.75, 3.05) is 5.32 Å². The lowest BCUT2D eigenvalue weighted by molar-refractivity contribution is -0.138. The molecule has 120 valence electrons. The van der Waals surface area contributed by atoms with Gasteiger partial charge in [-0.3, -0.25) is 14.5 Å². The van der Waals surface area contributed by atoms with Crippen LogP contribution in [0.25, 0.3) is 5.65 Å². The maximum absolute atomic E-state index is 13.1. The number of halogens is 1. The fourth-order valence-electron chi connectivity index (χ4n) is 5.58. The highest BCUT2D eigenvalue weighted by molar-refractivity contribution is 9.10. The molecule has 4 fully saturated rings. The summed E-state index contributed by atoms with van der Waals surface area (Å²) in [5.74, 6) is 2.05. The Bertz CT molecular complexity index is 787. The second-order valence-electron chi connectivity index (χ2n) is 7.80. The average molecular weight is 375 g/mol. The second kappa shape index (κ2) is 4.56. The Labute approximate surface area is 143 Å². The van der Waals surface area contributed by atoms with Crippen LogP contribution in [0.15, 0.2) is 24.4 Å². The minimum Gasteiger partial charge on any atom is -0.294 e. The molecule has 1 amide bonds. The quantitative estimate of drug-likeness (QED) is 0.819. The fraction of sp³-hybridized carbons (Fsp3) is 0.588. The summed E-state index contributed by atoms with van der Waals surface area (Å²) < 4.78 is 2.02. The number of fused-ring (bicyclic) bond motifs is 1. The summed E-state index contributed by atoms with van der Waals surface area (Å²) in [4.78, 5) is 13.1. The molecule has 0 radical (unpaired) electrons. The molecule has 6 rings (SSSR count). The number of anilines is 1. The SMILES string of the molecule is O=C(Nc1nnc2ccccn12)C12CC3CC(CC(Br)(C3)C1)C2. The molecule has 4 aliphatic rings. The number of nitrogens with one attached hydrogen (secondary N) is 1. The number of hydrogen-bond donors (Lipinski definition) is 1. The fourth-order valence-corrected chi connectivity index (χ4v) is 7.03. The van der Waals surface area contributed by atoms with E-state index in [2.05, 4.69) is 31.4 Å². The van der Waals surface area contributed by atoms with E-state index in [0.29, 0.717) is 17.8 Å². The number of amides is 1. The van der Waals surface area contributed by atoms with E-state index in [1.54, 1.807) is 0 Å². The van der Waals surface area contributed by atoms with Crippen LogP contribution in [0.3, 0.4) is 0 Å². The van der Waals surface area contributed by atoms with Gasteiger partial charge in [0.15, 0.2) is 5.65 Å². The Kier molecular flexibility index (Phi) is 2.77. The van der Waals surface area contributed by atoms with Crippen molar-refractivity contribution < 1.29 is 4.79 Å². The van der Waals surface area contributed by atoms with Crippen molar-refractivity contribution in [2.24, 2.45) is 17.3 Å². The molecule has 1 N–H and O–H groups in total. The van der Waals surface area contributed by atoms with E-state index in [-0.39, 0.29) is 15.6 Å². The van der Waals surface area contributed by atoms with E-state index in [0.717, 1.165) is 24.9 Å². The van der Waals surface area contributed by atoms with Crippen LogP contribution in [-0.2, 0) is 4.79 Å². The van der Waals surface area contributed by atoms with Gasteiger partial charge in [-0.25, -0.2) is 0 Å². The summed E-state index contributed by atoms with van der Waals surface area (Å²) in [6, 6.07) is 5.73. The maximum Gasteiger partial charge on any atom is 0.235 e. The molecule has 0 aromatic carbocycles. The summed E-state index contributed by atoms with van der Waals surface area (Å²) in [5.41, 5.74) is 0.527. The molecule has 23 heavy (non-hydrogen) atoms. The van der Waals surface area contributed by atoms with Gasteiger partial charge in [0, 0.05) is 10.5 Å². The maximum atomic E-state index is 13.1. The Hall–Kier alpha value is -1.43. The van der Waals surface area contributed by atoms with Gasteiger partial charge in [-0.1, -0.05) is 22.0 Å². The van der Waals surface area contributed by atoms with Crippen molar-refractivity contribution >= 4 is 33.4 Å². The van der Waals surface area contributed by atoms with Gasteiger partial charge < -0.3 is 0 Å². The summed E-state index contributed by atoms with van der Waals surface area (Å²) in [6.45, 7) is 0. The zero-order valence-electron chi connectivity index (χ0n) is 12.8. The Morgan fingerprint density at radius 3 is 2.74 bits per heavy atom. The molecular formula is C17H19BrN4O. The first-order chi connectivity index (χ1) is 11.1. The van der Waals surface area contributed by atoms with Crippen LogP contribution < -0.4 is 5.32 Å². The molecule has 2 unspecified atom stereocenters. The minimum atomic E-state index is -0.228. The monoisotopic (exact) mass is 374 g/mol. The van der Waals surface area contributed by atoms with Gasteiger partial charge >= 0.3 is 0 Å². The molecule has 0 aliphatic heterocycles. The number of pyridine rings is 1. The molecule has 2 heterocycles. The molecule has 0 saturated heterocycles. The van der Waals surface area contributed by atoms with E-state index < -0.39 is 0 Å². The molecule has 5 nitrogen and oxygen atoms in total. The molecule has 4 aliphatic carbocycles. The normalized spacial score (nSPS) is 38.1. The summed E-state index contributed by atoms with van der Waals surface area (Å²) >= 11 is 3.97. The second-order valence-corrected chi connectivity index (χ2v) is 9.48. The van der Waals surface area contributed by atoms with Crippen LogP contribution in [0.2, 0.25) is 0 Å². The summed E-state index contributed by atoms with van der Waals surface area (Å²) in [5, 5.41) is 11.3. The number of aromatic nitrogens is 3. The lowest BCUT2D eigenvalue weighted by atomic mass is 9.49. The largest absolute Gasteiger partial charge is 0.294 e. The Morgan fingerprint density at radius 2 is 2.00 bits per heavy atom. The number of nitrogens with zero attached hydrogens (tertiary/aromatic N) is 3. The van der Waals surface area contributed by atoms with Gasteiger partial charge in [0.1, 0.15) is 0 Å². The topological polar surface area (TPSA) is 59.3 Å². The predicted molar refractivity (Wildman–Crippen MR) is 90.4 cm³/mol. The Balaban J connectivity index is 1.47. The first-order valence-electron chi connectivity index (χ1n) is 8.36. The first kappa shape index (κ1) is 14.0. The molecule has 0 spiro atoms. The molecule has 2 aromatic heterocycles. The third-order valence-electron chi connectivity index (χ3n) is 6.01. The highest BCUT2D eigenvalue weighted by atomic mass is 79.9. The van der Waals surface area contributed by atoms with Gasteiger partial charge in [0.05, 0.1) is 5.41 Å². The van der Waals surface area contributed by atoms with Crippen LogP contribution in [0.5, 0.6) is 0 Å². The van der Waals surface area contributed by atoms with Crippen LogP contribution >= 0.6 is 15.9 Å². The number of alkyl halides is 1. The van der Waals surface area contributed by atoms with Gasteiger partial charge in [0.2, 0.25) is 11.9 Å².